The molecule has 2 N–H and O–H groups in total. The van der Waals surface area contributed by atoms with Crippen LogP contribution in [0, 0.1) is 11.3 Å². The zero-order valence-electron chi connectivity index (χ0n) is 12.6. The number of aliphatic hydroxyl groups is 1. The number of nitrogens with zero attached hydrogens (tertiary/aromatic N) is 3. The lowest BCUT2D eigenvalue weighted by molar-refractivity contribution is 0.105. The summed E-state index contributed by atoms with van der Waals surface area (Å²) < 4.78 is 0. The predicted octanol–water partition coefficient (Wildman–Crippen LogP) is 1.51. The number of hydrogen-bond acceptors (Lipinski definition) is 5. The maximum atomic E-state index is 11.1. The van der Waals surface area contributed by atoms with Crippen LogP contribution in [-0.4, -0.2) is 33.3 Å². The number of β-amino-alcohol motifs (C(OH)–C–C–N with tert-alkyl or cyclic N) is 1. The molecule has 1 aliphatic heterocycles. The second-order valence-corrected chi connectivity index (χ2v) is 5.75. The van der Waals surface area contributed by atoms with Gasteiger partial charge in [-0.2, -0.15) is 10.4 Å². The molecule has 1 aliphatic rings. The van der Waals surface area contributed by atoms with Crippen LogP contribution in [-0.2, 0) is 0 Å². The Morgan fingerprint density at radius 3 is 2.78 bits per heavy atom. The second-order valence-electron chi connectivity index (χ2n) is 5.75. The standard InChI is InChI=1S/C17H18N4O2/c18-10-12-3-5-13(6-4-12)16(22)11-21-9-1-2-15(21)14-7-8-17(23)20-19-14/h3-8,15-16,22H,1-2,9,11H2,(H,20,23). The van der Waals surface area contributed by atoms with E-state index in [0.29, 0.717) is 12.1 Å². The molecule has 0 radical (unpaired) electrons. The van der Waals surface area contributed by atoms with Crippen LogP contribution in [0.15, 0.2) is 41.2 Å². The van der Waals surface area contributed by atoms with E-state index in [1.165, 1.54) is 6.07 Å². The Bertz CT molecular complexity index is 743. The number of aliphatic hydroxyl groups excluding tert-OH is 1. The molecule has 1 aromatic carbocycles. The SMILES string of the molecule is N#Cc1ccc(C(O)CN2CCCC2c2ccc(=O)[nH]n2)cc1. The Kier molecular flexibility index (Phi) is 4.51. The highest BCUT2D eigenvalue weighted by atomic mass is 16.3. The van der Waals surface area contributed by atoms with Crippen LogP contribution >= 0.6 is 0 Å². The first-order chi connectivity index (χ1) is 11.2. The molecule has 0 amide bonds. The molecule has 23 heavy (non-hydrogen) atoms. The van der Waals surface area contributed by atoms with Gasteiger partial charge in [0.05, 0.1) is 29.5 Å². The van der Waals surface area contributed by atoms with Crippen molar-refractivity contribution in [1.82, 2.24) is 15.1 Å². The van der Waals surface area contributed by atoms with Gasteiger partial charge in [0.2, 0.25) is 0 Å². The van der Waals surface area contributed by atoms with Crippen molar-refractivity contribution in [2.24, 2.45) is 0 Å². The van der Waals surface area contributed by atoms with E-state index in [-0.39, 0.29) is 11.6 Å². The lowest BCUT2D eigenvalue weighted by Crippen LogP contribution is -2.29. The van der Waals surface area contributed by atoms with Gasteiger partial charge < -0.3 is 5.11 Å². The fourth-order valence-electron chi connectivity index (χ4n) is 3.03. The van der Waals surface area contributed by atoms with E-state index in [4.69, 9.17) is 5.26 Å². The fraction of sp³-hybridized carbons (Fsp3) is 0.353. The third-order valence-electron chi connectivity index (χ3n) is 4.24. The average Bonchev–Trinajstić information content (AvgIpc) is 3.03. The van der Waals surface area contributed by atoms with Gasteiger partial charge in [0, 0.05) is 12.6 Å². The van der Waals surface area contributed by atoms with E-state index < -0.39 is 6.10 Å². The molecule has 2 atom stereocenters. The van der Waals surface area contributed by atoms with E-state index >= 15 is 0 Å². The van der Waals surface area contributed by atoms with Gasteiger partial charge in [-0.05, 0) is 43.1 Å². The molecular formula is C17H18N4O2. The van der Waals surface area contributed by atoms with Crippen molar-refractivity contribution in [2.75, 3.05) is 13.1 Å². The van der Waals surface area contributed by atoms with Crippen molar-refractivity contribution in [3.05, 3.63) is 63.6 Å². The van der Waals surface area contributed by atoms with E-state index in [0.717, 1.165) is 30.6 Å². The van der Waals surface area contributed by atoms with E-state index in [1.54, 1.807) is 30.3 Å². The quantitative estimate of drug-likeness (QED) is 0.893. The van der Waals surface area contributed by atoms with Gasteiger partial charge in [0.25, 0.3) is 5.56 Å². The molecule has 1 saturated heterocycles. The Labute approximate surface area is 134 Å². The number of nitriles is 1. The van der Waals surface area contributed by atoms with Crippen molar-refractivity contribution >= 4 is 0 Å². The van der Waals surface area contributed by atoms with Crippen molar-refractivity contribution in [3.8, 4) is 6.07 Å². The predicted molar refractivity (Wildman–Crippen MR) is 84.5 cm³/mol. The first-order valence-electron chi connectivity index (χ1n) is 7.65. The molecule has 1 fully saturated rings. The molecule has 0 spiro atoms. The summed E-state index contributed by atoms with van der Waals surface area (Å²) in [5, 5.41) is 25.9. The molecule has 6 nitrogen and oxygen atoms in total. The lowest BCUT2D eigenvalue weighted by atomic mass is 10.1. The molecule has 0 saturated carbocycles. The van der Waals surface area contributed by atoms with E-state index in [1.807, 2.05) is 0 Å². The van der Waals surface area contributed by atoms with Gasteiger partial charge in [-0.25, -0.2) is 5.10 Å². The third kappa shape index (κ3) is 3.47. The minimum absolute atomic E-state index is 0.111. The Hall–Kier alpha value is -2.49. The molecule has 0 aliphatic carbocycles. The van der Waals surface area contributed by atoms with Gasteiger partial charge in [-0.3, -0.25) is 9.69 Å². The molecule has 2 aromatic rings. The van der Waals surface area contributed by atoms with Crippen LogP contribution < -0.4 is 5.56 Å². The second kappa shape index (κ2) is 6.73. The highest BCUT2D eigenvalue weighted by Gasteiger charge is 2.29. The molecular weight excluding hydrogens is 292 g/mol. The first-order valence-corrected chi connectivity index (χ1v) is 7.65. The summed E-state index contributed by atoms with van der Waals surface area (Å²) in [4.78, 5) is 13.3. The van der Waals surface area contributed by atoms with Crippen LogP contribution in [0.25, 0.3) is 0 Å². The fourth-order valence-corrected chi connectivity index (χ4v) is 3.03. The van der Waals surface area contributed by atoms with Crippen LogP contribution in [0.2, 0.25) is 0 Å². The Morgan fingerprint density at radius 1 is 1.35 bits per heavy atom. The molecule has 0 bridgehead atoms. The number of aromatic amines is 1. The third-order valence-corrected chi connectivity index (χ3v) is 4.24. The lowest BCUT2D eigenvalue weighted by Gasteiger charge is -2.26. The first kappa shape index (κ1) is 15.4. The number of likely N-dealkylation sites (tertiary alicyclic amines) is 1. The van der Waals surface area contributed by atoms with Gasteiger partial charge in [-0.15, -0.1) is 0 Å². The smallest absolute Gasteiger partial charge is 0.264 e. The minimum Gasteiger partial charge on any atom is -0.387 e. The number of hydrogen-bond donors (Lipinski definition) is 2. The van der Waals surface area contributed by atoms with E-state index in [2.05, 4.69) is 21.2 Å². The average molecular weight is 310 g/mol. The van der Waals surface area contributed by atoms with Gasteiger partial charge >= 0.3 is 0 Å². The van der Waals surface area contributed by atoms with E-state index in [9.17, 15) is 9.90 Å². The minimum atomic E-state index is -0.619. The number of rotatable bonds is 4. The molecule has 2 unspecified atom stereocenters. The Morgan fingerprint density at radius 2 is 2.13 bits per heavy atom. The normalized spacial score (nSPS) is 19.4. The summed E-state index contributed by atoms with van der Waals surface area (Å²) in [6, 6.07) is 12.4. The molecule has 1 aromatic heterocycles. The Balaban J connectivity index is 1.71. The van der Waals surface area contributed by atoms with Gasteiger partial charge in [0.15, 0.2) is 0 Å². The number of nitrogens with one attached hydrogen (secondary N) is 1. The maximum absolute atomic E-state index is 11.1. The largest absolute Gasteiger partial charge is 0.387 e. The van der Waals surface area contributed by atoms with Crippen molar-refractivity contribution in [3.63, 3.8) is 0 Å². The van der Waals surface area contributed by atoms with Crippen molar-refractivity contribution in [2.45, 2.75) is 25.0 Å². The topological polar surface area (TPSA) is 93.0 Å². The summed E-state index contributed by atoms with van der Waals surface area (Å²) >= 11 is 0. The zero-order valence-corrected chi connectivity index (χ0v) is 12.6. The summed E-state index contributed by atoms with van der Waals surface area (Å²) in [7, 11) is 0. The maximum Gasteiger partial charge on any atom is 0.264 e. The van der Waals surface area contributed by atoms with Gasteiger partial charge in [0.1, 0.15) is 0 Å². The zero-order chi connectivity index (χ0) is 16.2. The van der Waals surface area contributed by atoms with Crippen molar-refractivity contribution < 1.29 is 5.11 Å². The van der Waals surface area contributed by atoms with Crippen LogP contribution in [0.4, 0.5) is 0 Å². The molecule has 3 rings (SSSR count). The van der Waals surface area contributed by atoms with Crippen LogP contribution in [0.5, 0.6) is 0 Å². The number of benzene rings is 1. The van der Waals surface area contributed by atoms with Crippen LogP contribution in [0.1, 0.15) is 41.8 Å². The summed E-state index contributed by atoms with van der Waals surface area (Å²) in [6.07, 6.45) is 1.37. The summed E-state index contributed by atoms with van der Waals surface area (Å²) in [5.41, 5.74) is 1.99. The summed E-state index contributed by atoms with van der Waals surface area (Å²) in [5.74, 6) is 0. The van der Waals surface area contributed by atoms with Gasteiger partial charge in [-0.1, -0.05) is 12.1 Å². The molecule has 6 heteroatoms. The highest BCUT2D eigenvalue weighted by molar-refractivity contribution is 5.32. The number of H-pyrrole nitrogens is 1. The van der Waals surface area contributed by atoms with Crippen LogP contribution in [0.3, 0.4) is 0 Å². The highest BCUT2D eigenvalue weighted by Crippen LogP contribution is 2.31. The monoisotopic (exact) mass is 310 g/mol. The number of aromatic nitrogens is 2. The summed E-state index contributed by atoms with van der Waals surface area (Å²) in [6.45, 7) is 1.39. The van der Waals surface area contributed by atoms with Crippen molar-refractivity contribution in [1.29, 1.82) is 5.26 Å². The molecule has 2 heterocycles. The molecule has 118 valence electrons.